The fourth-order valence-corrected chi connectivity index (χ4v) is 2.08. The van der Waals surface area contributed by atoms with Crippen molar-refractivity contribution in [3.05, 3.63) is 35.9 Å². The summed E-state index contributed by atoms with van der Waals surface area (Å²) < 4.78 is 4.63. The minimum Gasteiger partial charge on any atom is -0.469 e. The summed E-state index contributed by atoms with van der Waals surface area (Å²) in [6, 6.07) is 10.5. The second-order valence-electron chi connectivity index (χ2n) is 4.13. The number of carbonyl (C=O) groups excluding carboxylic acids is 1. The predicted octanol–water partition coefficient (Wildman–Crippen LogP) is 2.74. The lowest BCUT2D eigenvalue weighted by Gasteiger charge is -2.00. The lowest BCUT2D eigenvalue weighted by molar-refractivity contribution is -0.140. The van der Waals surface area contributed by atoms with Crippen LogP contribution in [0.2, 0.25) is 0 Å². The van der Waals surface area contributed by atoms with Gasteiger partial charge in [0.2, 0.25) is 0 Å². The van der Waals surface area contributed by atoms with E-state index < -0.39 is 0 Å². The van der Waals surface area contributed by atoms with Gasteiger partial charge in [0, 0.05) is 6.42 Å². The van der Waals surface area contributed by atoms with E-state index in [1.807, 2.05) is 6.07 Å². The van der Waals surface area contributed by atoms with Gasteiger partial charge in [-0.1, -0.05) is 30.3 Å². The molecule has 0 amide bonds. The maximum atomic E-state index is 11.0. The Morgan fingerprint density at radius 3 is 2.80 bits per heavy atom. The molecule has 1 aromatic carbocycles. The quantitative estimate of drug-likeness (QED) is 0.705. The van der Waals surface area contributed by atoms with Gasteiger partial charge in [-0.3, -0.25) is 4.79 Å². The molecule has 0 spiro atoms. The molecule has 15 heavy (non-hydrogen) atoms. The van der Waals surface area contributed by atoms with E-state index in [9.17, 15) is 4.79 Å². The van der Waals surface area contributed by atoms with Crippen molar-refractivity contribution in [1.29, 1.82) is 0 Å². The van der Waals surface area contributed by atoms with Gasteiger partial charge >= 0.3 is 5.97 Å². The highest BCUT2D eigenvalue weighted by Gasteiger charge is 2.37. The van der Waals surface area contributed by atoms with Crippen LogP contribution in [0.3, 0.4) is 0 Å². The maximum absolute atomic E-state index is 11.0. The fraction of sp³-hybridized carbons (Fsp3) is 0.462. The number of methoxy groups -OCH3 is 1. The Bertz CT molecular complexity index is 332. The first kappa shape index (κ1) is 10.2. The normalized spacial score (nSPS) is 23.5. The van der Waals surface area contributed by atoms with Crippen LogP contribution in [0.15, 0.2) is 30.3 Å². The number of ether oxygens (including phenoxy) is 1. The van der Waals surface area contributed by atoms with Crippen molar-refractivity contribution in [1.82, 2.24) is 0 Å². The number of benzene rings is 1. The summed E-state index contributed by atoms with van der Waals surface area (Å²) in [6.07, 6.45) is 2.75. The van der Waals surface area contributed by atoms with Crippen molar-refractivity contribution in [3.8, 4) is 0 Å². The molecule has 2 nitrogen and oxygen atoms in total. The lowest BCUT2D eigenvalue weighted by Crippen LogP contribution is -2.00. The van der Waals surface area contributed by atoms with Gasteiger partial charge < -0.3 is 4.74 Å². The molecule has 0 N–H and O–H groups in total. The van der Waals surface area contributed by atoms with Crippen LogP contribution >= 0.6 is 0 Å². The van der Waals surface area contributed by atoms with Crippen LogP contribution in [0.5, 0.6) is 0 Å². The van der Waals surface area contributed by atoms with E-state index >= 15 is 0 Å². The largest absolute Gasteiger partial charge is 0.469 e. The van der Waals surface area contributed by atoms with Crippen LogP contribution in [0.4, 0.5) is 0 Å². The van der Waals surface area contributed by atoms with Gasteiger partial charge in [-0.25, -0.2) is 0 Å². The summed E-state index contributed by atoms with van der Waals surface area (Å²) in [5.74, 6) is 1.27. The lowest BCUT2D eigenvalue weighted by atomic mass is 10.1. The van der Waals surface area contributed by atoms with Crippen LogP contribution in [0, 0.1) is 5.92 Å². The van der Waals surface area contributed by atoms with Crippen LogP contribution in [0.25, 0.3) is 0 Å². The van der Waals surface area contributed by atoms with E-state index in [0.717, 1.165) is 6.42 Å². The van der Waals surface area contributed by atoms with Crippen molar-refractivity contribution in [3.63, 3.8) is 0 Å². The van der Waals surface area contributed by atoms with Gasteiger partial charge in [-0.05, 0) is 30.2 Å². The minimum atomic E-state index is -0.0892. The average molecular weight is 204 g/mol. The van der Waals surface area contributed by atoms with Crippen LogP contribution in [0.1, 0.15) is 30.7 Å². The van der Waals surface area contributed by atoms with Gasteiger partial charge in [0.15, 0.2) is 0 Å². The van der Waals surface area contributed by atoms with E-state index in [-0.39, 0.29) is 5.97 Å². The fourth-order valence-electron chi connectivity index (χ4n) is 2.08. The Morgan fingerprint density at radius 2 is 2.13 bits per heavy atom. The van der Waals surface area contributed by atoms with Gasteiger partial charge in [0.05, 0.1) is 7.11 Å². The van der Waals surface area contributed by atoms with Crippen LogP contribution < -0.4 is 0 Å². The van der Waals surface area contributed by atoms with E-state index in [1.54, 1.807) is 0 Å². The van der Waals surface area contributed by atoms with Crippen LogP contribution in [-0.2, 0) is 9.53 Å². The van der Waals surface area contributed by atoms with E-state index in [1.165, 1.54) is 19.1 Å². The molecule has 80 valence electrons. The molecule has 0 saturated heterocycles. The average Bonchev–Trinajstić information content (AvgIpc) is 3.06. The number of hydrogen-bond donors (Lipinski definition) is 0. The first-order chi connectivity index (χ1) is 7.31. The molecule has 1 aliphatic carbocycles. The van der Waals surface area contributed by atoms with Crippen molar-refractivity contribution >= 4 is 5.97 Å². The molecule has 0 heterocycles. The summed E-state index contributed by atoms with van der Waals surface area (Å²) in [6.45, 7) is 0. The highest BCUT2D eigenvalue weighted by atomic mass is 16.5. The smallest absolute Gasteiger partial charge is 0.305 e. The standard InChI is InChI=1S/C13H16O2/c1-15-13(14)8-7-11-9-12(11)10-5-3-2-4-6-10/h2-6,11-12H,7-9H2,1H3/t11-,12+/m1/s1. The third-order valence-electron chi connectivity index (χ3n) is 3.10. The summed E-state index contributed by atoms with van der Waals surface area (Å²) in [5.41, 5.74) is 1.41. The van der Waals surface area contributed by atoms with Crippen LogP contribution in [-0.4, -0.2) is 13.1 Å². The second kappa shape index (κ2) is 4.47. The number of carbonyl (C=O) groups is 1. The monoisotopic (exact) mass is 204 g/mol. The van der Waals surface area contributed by atoms with Gasteiger partial charge in [0.25, 0.3) is 0 Å². The molecule has 1 fully saturated rings. The Morgan fingerprint density at radius 1 is 1.40 bits per heavy atom. The first-order valence-electron chi connectivity index (χ1n) is 5.43. The Balaban J connectivity index is 1.79. The number of esters is 1. The van der Waals surface area contributed by atoms with Crippen molar-refractivity contribution in [2.24, 2.45) is 5.92 Å². The molecule has 1 aromatic rings. The third kappa shape index (κ3) is 2.58. The molecular formula is C13H16O2. The molecule has 0 aromatic heterocycles. The predicted molar refractivity (Wildman–Crippen MR) is 58.5 cm³/mol. The minimum absolute atomic E-state index is 0.0892. The molecular weight excluding hydrogens is 188 g/mol. The van der Waals surface area contributed by atoms with E-state index in [4.69, 9.17) is 0 Å². The molecule has 2 heteroatoms. The summed E-state index contributed by atoms with van der Waals surface area (Å²) in [4.78, 5) is 11.0. The number of rotatable bonds is 4. The molecule has 1 aliphatic rings. The van der Waals surface area contributed by atoms with E-state index in [2.05, 4.69) is 29.0 Å². The van der Waals surface area contributed by atoms with Gasteiger partial charge in [-0.2, -0.15) is 0 Å². The third-order valence-corrected chi connectivity index (χ3v) is 3.10. The Kier molecular flexibility index (Phi) is 3.05. The van der Waals surface area contributed by atoms with Gasteiger partial charge in [0.1, 0.15) is 0 Å². The summed E-state index contributed by atoms with van der Waals surface area (Å²) in [5, 5.41) is 0. The topological polar surface area (TPSA) is 26.3 Å². The van der Waals surface area contributed by atoms with Crippen molar-refractivity contribution in [2.75, 3.05) is 7.11 Å². The first-order valence-corrected chi connectivity index (χ1v) is 5.43. The molecule has 2 atom stereocenters. The number of hydrogen-bond acceptors (Lipinski definition) is 2. The molecule has 0 bridgehead atoms. The Hall–Kier alpha value is -1.31. The Labute approximate surface area is 90.3 Å². The maximum Gasteiger partial charge on any atom is 0.305 e. The molecule has 0 radical (unpaired) electrons. The summed E-state index contributed by atoms with van der Waals surface area (Å²) >= 11 is 0. The van der Waals surface area contributed by atoms with Gasteiger partial charge in [-0.15, -0.1) is 0 Å². The summed E-state index contributed by atoms with van der Waals surface area (Å²) in [7, 11) is 1.45. The highest BCUT2D eigenvalue weighted by Crippen LogP contribution is 2.49. The zero-order valence-corrected chi connectivity index (χ0v) is 8.98. The molecule has 2 rings (SSSR count). The zero-order chi connectivity index (χ0) is 10.7. The van der Waals surface area contributed by atoms with Crippen molar-refractivity contribution in [2.45, 2.75) is 25.2 Å². The molecule has 0 unspecified atom stereocenters. The van der Waals surface area contributed by atoms with Crippen molar-refractivity contribution < 1.29 is 9.53 Å². The van der Waals surface area contributed by atoms with E-state index in [0.29, 0.717) is 18.3 Å². The molecule has 1 saturated carbocycles. The SMILES string of the molecule is COC(=O)CC[C@@H]1C[C@H]1c1ccccc1. The second-order valence-corrected chi connectivity index (χ2v) is 4.13. The zero-order valence-electron chi connectivity index (χ0n) is 8.98. The highest BCUT2D eigenvalue weighted by molar-refractivity contribution is 5.69. The molecule has 0 aliphatic heterocycles.